The lowest BCUT2D eigenvalue weighted by atomic mass is 9.98. The highest BCUT2D eigenvalue weighted by Gasteiger charge is 2.16. The van der Waals surface area contributed by atoms with Gasteiger partial charge in [-0.05, 0) is 6.42 Å². The van der Waals surface area contributed by atoms with Crippen LogP contribution in [0.4, 0.5) is 0 Å². The molecule has 0 N–H and O–H groups in total. The van der Waals surface area contributed by atoms with Crippen LogP contribution in [-0.4, -0.2) is 10.2 Å². The van der Waals surface area contributed by atoms with Gasteiger partial charge in [0.25, 0.3) is 0 Å². The van der Waals surface area contributed by atoms with Crippen LogP contribution < -0.4 is 0 Å². The van der Waals surface area contributed by atoms with Crippen molar-refractivity contribution in [3.05, 3.63) is 0 Å². The minimum atomic E-state index is -0.239. The summed E-state index contributed by atoms with van der Waals surface area (Å²) in [5.41, 5.74) is 0. The minimum absolute atomic E-state index is 0.177. The van der Waals surface area contributed by atoms with Crippen molar-refractivity contribution in [2.24, 2.45) is 5.92 Å². The molecule has 0 amide bonds. The maximum atomic E-state index is 11.2. The molecule has 0 aliphatic rings. The van der Waals surface area contributed by atoms with Crippen molar-refractivity contribution in [1.82, 2.24) is 0 Å². The molecule has 20 heavy (non-hydrogen) atoms. The number of hydrogen-bond donors (Lipinski definition) is 2. The monoisotopic (exact) mass is 318 g/mol. The summed E-state index contributed by atoms with van der Waals surface area (Å²) in [6.07, 6.45) is 13.8. The van der Waals surface area contributed by atoms with Crippen LogP contribution in [0.3, 0.4) is 0 Å². The van der Waals surface area contributed by atoms with Crippen molar-refractivity contribution < 1.29 is 9.59 Å². The number of carbonyl (C=O) groups is 2. The molecule has 0 aliphatic carbocycles. The average Bonchev–Trinajstić information content (AvgIpc) is 2.39. The zero-order chi connectivity index (χ0) is 15.2. The topological polar surface area (TPSA) is 34.1 Å². The van der Waals surface area contributed by atoms with Gasteiger partial charge < -0.3 is 0 Å². The molecule has 118 valence electrons. The number of thiol groups is 2. The summed E-state index contributed by atoms with van der Waals surface area (Å²) < 4.78 is 0. The van der Waals surface area contributed by atoms with Crippen molar-refractivity contribution in [3.8, 4) is 0 Å². The van der Waals surface area contributed by atoms with Crippen LogP contribution in [-0.2, 0) is 9.59 Å². The lowest BCUT2D eigenvalue weighted by molar-refractivity contribution is -0.119. The first-order chi connectivity index (χ1) is 9.57. The van der Waals surface area contributed by atoms with Crippen LogP contribution >= 0.6 is 25.3 Å². The Kier molecular flexibility index (Phi) is 14.0. The quantitative estimate of drug-likeness (QED) is 0.340. The Hall–Kier alpha value is 0.0400. The molecule has 0 saturated heterocycles. The molecule has 0 bridgehead atoms. The van der Waals surface area contributed by atoms with E-state index < -0.39 is 0 Å². The van der Waals surface area contributed by atoms with E-state index in [2.05, 4.69) is 32.2 Å². The molecular weight excluding hydrogens is 288 g/mol. The summed E-state index contributed by atoms with van der Waals surface area (Å²) in [5, 5.41) is -0.396. The highest BCUT2D eigenvalue weighted by Crippen LogP contribution is 2.19. The number of carbonyl (C=O) groups excluding carboxylic acids is 2. The SMILES string of the molecule is CCCCCCCCCCCCC(CC(=O)S)C(=O)S. The molecule has 0 aromatic rings. The number of hydrogen-bond acceptors (Lipinski definition) is 2. The molecule has 0 radical (unpaired) electrons. The zero-order valence-electron chi connectivity index (χ0n) is 12.8. The van der Waals surface area contributed by atoms with Gasteiger partial charge in [0.05, 0.1) is 0 Å². The molecule has 1 unspecified atom stereocenters. The third kappa shape index (κ3) is 13.0. The summed E-state index contributed by atoms with van der Waals surface area (Å²) >= 11 is 7.57. The second kappa shape index (κ2) is 14.0. The number of rotatable bonds is 14. The van der Waals surface area contributed by atoms with Crippen molar-refractivity contribution in [1.29, 1.82) is 0 Å². The van der Waals surface area contributed by atoms with Crippen molar-refractivity contribution in [2.45, 2.75) is 84.0 Å². The highest BCUT2D eigenvalue weighted by molar-refractivity contribution is 7.97. The summed E-state index contributed by atoms with van der Waals surface area (Å²) in [6.45, 7) is 2.24. The molecule has 0 fully saturated rings. The maximum absolute atomic E-state index is 11.2. The summed E-state index contributed by atoms with van der Waals surface area (Å²) in [6, 6.07) is 0. The minimum Gasteiger partial charge on any atom is -0.287 e. The van der Waals surface area contributed by atoms with Crippen LogP contribution in [0.2, 0.25) is 0 Å². The molecule has 0 saturated carbocycles. The van der Waals surface area contributed by atoms with Gasteiger partial charge in [0.15, 0.2) is 10.2 Å². The van der Waals surface area contributed by atoms with E-state index in [1.165, 1.54) is 51.4 Å². The first-order valence-electron chi connectivity index (χ1n) is 8.02. The molecule has 0 aromatic carbocycles. The summed E-state index contributed by atoms with van der Waals surface area (Å²) in [7, 11) is 0. The smallest absolute Gasteiger partial charge is 0.189 e. The van der Waals surface area contributed by atoms with Gasteiger partial charge in [0.2, 0.25) is 0 Å². The van der Waals surface area contributed by atoms with Gasteiger partial charge in [-0.1, -0.05) is 71.1 Å². The van der Waals surface area contributed by atoms with Crippen molar-refractivity contribution in [2.75, 3.05) is 0 Å². The second-order valence-corrected chi connectivity index (χ2v) is 6.54. The van der Waals surface area contributed by atoms with E-state index in [1.54, 1.807) is 0 Å². The van der Waals surface area contributed by atoms with Crippen LogP contribution in [0.1, 0.15) is 84.0 Å². The molecule has 0 aliphatic heterocycles. The molecule has 0 heterocycles. The number of unbranched alkanes of at least 4 members (excludes halogenated alkanes) is 9. The van der Waals surface area contributed by atoms with Crippen molar-refractivity contribution in [3.63, 3.8) is 0 Å². The zero-order valence-corrected chi connectivity index (χ0v) is 14.6. The summed E-state index contributed by atoms with van der Waals surface area (Å²) in [4.78, 5) is 22.2. The highest BCUT2D eigenvalue weighted by atomic mass is 32.1. The third-order valence-electron chi connectivity index (χ3n) is 3.68. The van der Waals surface area contributed by atoms with E-state index in [9.17, 15) is 9.59 Å². The fraction of sp³-hybridized carbons (Fsp3) is 0.875. The Balaban J connectivity index is 3.41. The van der Waals surface area contributed by atoms with Gasteiger partial charge in [0, 0.05) is 12.3 Å². The van der Waals surface area contributed by atoms with Gasteiger partial charge in [-0.2, -0.15) is 0 Å². The predicted octanol–water partition coefficient (Wildman–Crippen LogP) is 5.22. The average molecular weight is 319 g/mol. The Morgan fingerprint density at radius 2 is 1.25 bits per heavy atom. The van der Waals surface area contributed by atoms with Crippen LogP contribution in [0, 0.1) is 5.92 Å². The van der Waals surface area contributed by atoms with E-state index in [0.717, 1.165) is 19.3 Å². The Morgan fingerprint density at radius 1 is 0.800 bits per heavy atom. The van der Waals surface area contributed by atoms with E-state index in [0.29, 0.717) is 0 Å². The maximum Gasteiger partial charge on any atom is 0.189 e. The van der Waals surface area contributed by atoms with Gasteiger partial charge >= 0.3 is 0 Å². The van der Waals surface area contributed by atoms with E-state index >= 15 is 0 Å². The Labute approximate surface area is 135 Å². The van der Waals surface area contributed by atoms with Crippen LogP contribution in [0.15, 0.2) is 0 Å². The Morgan fingerprint density at radius 3 is 1.65 bits per heavy atom. The van der Waals surface area contributed by atoms with E-state index in [1.807, 2.05) is 0 Å². The standard InChI is InChI=1S/C16H30O2S2/c1-2-3-4-5-6-7-8-9-10-11-12-14(16(18)20)13-15(17)19/h14H,2-13H2,1H3,(H,17,19)(H,18,20). The molecule has 2 nitrogen and oxygen atoms in total. The first-order valence-corrected chi connectivity index (χ1v) is 8.92. The lowest BCUT2D eigenvalue weighted by Crippen LogP contribution is -2.11. The molecule has 0 spiro atoms. The largest absolute Gasteiger partial charge is 0.287 e. The summed E-state index contributed by atoms with van der Waals surface area (Å²) in [5.74, 6) is -0.239. The predicted molar refractivity (Wildman–Crippen MR) is 92.6 cm³/mol. The van der Waals surface area contributed by atoms with Crippen molar-refractivity contribution >= 4 is 35.5 Å². The normalized spacial score (nSPS) is 12.3. The Bertz CT molecular complexity index is 267. The van der Waals surface area contributed by atoms with Gasteiger partial charge in [-0.15, -0.1) is 25.3 Å². The van der Waals surface area contributed by atoms with Gasteiger partial charge in [-0.25, -0.2) is 0 Å². The first kappa shape index (κ1) is 20.0. The fourth-order valence-electron chi connectivity index (χ4n) is 2.40. The third-order valence-corrected chi connectivity index (χ3v) is 4.22. The molecule has 4 heteroatoms. The second-order valence-electron chi connectivity index (χ2n) is 5.60. The van der Waals surface area contributed by atoms with Crippen LogP contribution in [0.25, 0.3) is 0 Å². The van der Waals surface area contributed by atoms with Gasteiger partial charge in [-0.3, -0.25) is 9.59 Å². The van der Waals surface area contributed by atoms with Crippen LogP contribution in [0.5, 0.6) is 0 Å². The molecular formula is C16H30O2S2. The fourth-order valence-corrected chi connectivity index (χ4v) is 2.84. The molecule has 0 aromatic heterocycles. The van der Waals surface area contributed by atoms with E-state index in [-0.39, 0.29) is 22.6 Å². The molecule has 1 atom stereocenters. The van der Waals surface area contributed by atoms with Gasteiger partial charge in [0.1, 0.15) is 0 Å². The van der Waals surface area contributed by atoms with E-state index in [4.69, 9.17) is 0 Å². The lowest BCUT2D eigenvalue weighted by Gasteiger charge is -2.10. The molecule has 0 rings (SSSR count).